The minimum Gasteiger partial charge on any atom is -0.496 e. The SMILES string of the molecule is COc1cc(OC)c(C2SCC(=O)N2CCCn2ccnc2)cc1OC. The topological polar surface area (TPSA) is 65.8 Å². The van der Waals surface area contributed by atoms with E-state index in [9.17, 15) is 4.79 Å². The number of carbonyl (C=O) groups is 1. The molecule has 1 unspecified atom stereocenters. The molecule has 0 spiro atoms. The van der Waals surface area contributed by atoms with Crippen LogP contribution in [0.2, 0.25) is 0 Å². The first-order valence-corrected chi connectivity index (χ1v) is 9.39. The van der Waals surface area contributed by atoms with Crippen LogP contribution in [0.5, 0.6) is 17.2 Å². The van der Waals surface area contributed by atoms with Crippen LogP contribution in [-0.2, 0) is 11.3 Å². The first-order chi connectivity index (χ1) is 12.7. The Bertz CT molecular complexity index is 751. The minimum atomic E-state index is -0.0972. The second kappa shape index (κ2) is 8.35. The predicted molar refractivity (Wildman–Crippen MR) is 99.9 cm³/mol. The van der Waals surface area contributed by atoms with Gasteiger partial charge in [-0.1, -0.05) is 0 Å². The fourth-order valence-electron chi connectivity index (χ4n) is 3.04. The minimum absolute atomic E-state index is 0.0972. The van der Waals surface area contributed by atoms with Crippen LogP contribution in [0.1, 0.15) is 17.4 Å². The number of ether oxygens (including phenoxy) is 3. The van der Waals surface area contributed by atoms with Crippen LogP contribution in [0.4, 0.5) is 0 Å². The highest BCUT2D eigenvalue weighted by Crippen LogP contribution is 2.46. The maximum Gasteiger partial charge on any atom is 0.233 e. The zero-order valence-electron chi connectivity index (χ0n) is 15.2. The van der Waals surface area contributed by atoms with Crippen molar-refractivity contribution >= 4 is 17.7 Å². The molecule has 0 radical (unpaired) electrons. The van der Waals surface area contributed by atoms with E-state index in [0.717, 1.165) is 18.5 Å². The molecule has 1 atom stereocenters. The van der Waals surface area contributed by atoms with Gasteiger partial charge in [0, 0.05) is 37.1 Å². The van der Waals surface area contributed by atoms with E-state index in [2.05, 4.69) is 4.98 Å². The van der Waals surface area contributed by atoms with Gasteiger partial charge in [0.2, 0.25) is 5.91 Å². The van der Waals surface area contributed by atoms with Gasteiger partial charge in [0.05, 0.1) is 33.4 Å². The fraction of sp³-hybridized carbons (Fsp3) is 0.444. The summed E-state index contributed by atoms with van der Waals surface area (Å²) in [4.78, 5) is 18.4. The highest BCUT2D eigenvalue weighted by atomic mass is 32.2. The molecule has 1 saturated heterocycles. The maximum absolute atomic E-state index is 12.4. The molecule has 0 saturated carbocycles. The van der Waals surface area contributed by atoms with Crippen LogP contribution in [0.3, 0.4) is 0 Å². The van der Waals surface area contributed by atoms with Crippen LogP contribution in [0, 0.1) is 0 Å². The standard InChI is InChI=1S/C18H23N3O4S/c1-23-14-10-16(25-3)15(24-2)9-13(14)18-21(17(22)11-26-18)7-4-6-20-8-5-19-12-20/h5,8-10,12,18H,4,6-7,11H2,1-3H3. The number of imidazole rings is 1. The monoisotopic (exact) mass is 377 g/mol. The molecule has 7 nitrogen and oxygen atoms in total. The van der Waals surface area contributed by atoms with Crippen LogP contribution in [0.25, 0.3) is 0 Å². The molecule has 0 N–H and O–H groups in total. The van der Waals surface area contributed by atoms with Crippen LogP contribution >= 0.6 is 11.8 Å². The number of hydrogen-bond donors (Lipinski definition) is 0. The lowest BCUT2D eigenvalue weighted by Gasteiger charge is -2.26. The lowest BCUT2D eigenvalue weighted by Crippen LogP contribution is -2.30. The first-order valence-electron chi connectivity index (χ1n) is 8.34. The number of aryl methyl sites for hydroxylation is 1. The number of thioether (sulfide) groups is 1. The van der Waals surface area contributed by atoms with Crippen molar-refractivity contribution in [1.29, 1.82) is 0 Å². The largest absolute Gasteiger partial charge is 0.496 e. The third kappa shape index (κ3) is 3.75. The van der Waals surface area contributed by atoms with Gasteiger partial charge >= 0.3 is 0 Å². The van der Waals surface area contributed by atoms with Crippen molar-refractivity contribution < 1.29 is 19.0 Å². The number of carbonyl (C=O) groups excluding carboxylic acids is 1. The van der Waals surface area contributed by atoms with E-state index in [1.807, 2.05) is 21.7 Å². The Morgan fingerprint density at radius 1 is 1.12 bits per heavy atom. The zero-order valence-corrected chi connectivity index (χ0v) is 16.0. The summed E-state index contributed by atoms with van der Waals surface area (Å²) in [7, 11) is 4.81. The highest BCUT2D eigenvalue weighted by Gasteiger charge is 2.35. The summed E-state index contributed by atoms with van der Waals surface area (Å²) < 4.78 is 18.3. The van der Waals surface area contributed by atoms with Crippen LogP contribution < -0.4 is 14.2 Å². The Morgan fingerprint density at radius 3 is 2.50 bits per heavy atom. The van der Waals surface area contributed by atoms with E-state index in [1.165, 1.54) is 0 Å². The Kier molecular flexibility index (Phi) is 5.92. The van der Waals surface area contributed by atoms with Gasteiger partial charge in [-0.25, -0.2) is 4.98 Å². The molecule has 2 heterocycles. The molecule has 140 valence electrons. The predicted octanol–water partition coefficient (Wildman–Crippen LogP) is 2.57. The first kappa shape index (κ1) is 18.4. The summed E-state index contributed by atoms with van der Waals surface area (Å²) in [6.07, 6.45) is 6.33. The molecular weight excluding hydrogens is 354 g/mol. The van der Waals surface area contributed by atoms with Crippen LogP contribution in [0.15, 0.2) is 30.9 Å². The number of aromatic nitrogens is 2. The quantitative estimate of drug-likeness (QED) is 0.704. The van der Waals surface area contributed by atoms with Gasteiger partial charge < -0.3 is 23.7 Å². The molecule has 1 fully saturated rings. The molecule has 2 aromatic rings. The van der Waals surface area contributed by atoms with E-state index < -0.39 is 0 Å². The zero-order chi connectivity index (χ0) is 18.5. The van der Waals surface area contributed by atoms with Crippen LogP contribution in [-0.4, -0.2) is 54.0 Å². The second-order valence-corrected chi connectivity index (χ2v) is 6.92. The summed E-state index contributed by atoms with van der Waals surface area (Å²) in [6, 6.07) is 3.71. The molecule has 1 aliphatic rings. The molecule has 1 aromatic carbocycles. The molecule has 3 rings (SSSR count). The third-order valence-corrected chi connectivity index (χ3v) is 5.58. The summed E-state index contributed by atoms with van der Waals surface area (Å²) in [5.41, 5.74) is 0.920. The maximum atomic E-state index is 12.4. The Balaban J connectivity index is 1.80. The molecule has 1 amide bonds. The van der Waals surface area contributed by atoms with Crippen molar-refractivity contribution in [3.05, 3.63) is 36.4 Å². The van der Waals surface area contributed by atoms with Gasteiger partial charge in [0.15, 0.2) is 11.5 Å². The number of rotatable bonds is 8. The number of hydrogen-bond acceptors (Lipinski definition) is 6. The number of benzene rings is 1. The number of methoxy groups -OCH3 is 3. The van der Waals surface area contributed by atoms with E-state index in [0.29, 0.717) is 29.5 Å². The van der Waals surface area contributed by atoms with Crippen molar-refractivity contribution in [3.63, 3.8) is 0 Å². The molecule has 0 bridgehead atoms. The number of amides is 1. The van der Waals surface area contributed by atoms with Gasteiger partial charge in [0.1, 0.15) is 11.1 Å². The van der Waals surface area contributed by atoms with Crippen molar-refractivity contribution in [2.45, 2.75) is 18.3 Å². The third-order valence-electron chi connectivity index (χ3n) is 4.34. The van der Waals surface area contributed by atoms with Gasteiger partial charge in [0.25, 0.3) is 0 Å². The molecule has 1 aromatic heterocycles. The molecular formula is C18H23N3O4S. The van der Waals surface area contributed by atoms with Crippen molar-refractivity contribution in [2.24, 2.45) is 0 Å². The van der Waals surface area contributed by atoms with E-state index in [-0.39, 0.29) is 11.3 Å². The summed E-state index contributed by atoms with van der Waals surface area (Å²) in [5, 5.41) is -0.0972. The summed E-state index contributed by atoms with van der Waals surface area (Å²) in [5.74, 6) is 2.53. The molecule has 0 aliphatic carbocycles. The average Bonchev–Trinajstić information content (AvgIpc) is 3.31. The number of nitrogens with zero attached hydrogens (tertiary/aromatic N) is 3. The smallest absolute Gasteiger partial charge is 0.233 e. The van der Waals surface area contributed by atoms with Crippen molar-refractivity contribution in [3.8, 4) is 17.2 Å². The fourth-order valence-corrected chi connectivity index (χ4v) is 4.27. The lowest BCUT2D eigenvalue weighted by atomic mass is 10.1. The normalized spacial score (nSPS) is 16.8. The van der Waals surface area contributed by atoms with Gasteiger partial charge in [-0.2, -0.15) is 0 Å². The van der Waals surface area contributed by atoms with E-state index >= 15 is 0 Å². The Hall–Kier alpha value is -2.35. The molecule has 26 heavy (non-hydrogen) atoms. The lowest BCUT2D eigenvalue weighted by molar-refractivity contribution is -0.128. The average molecular weight is 377 g/mol. The molecule has 1 aliphatic heterocycles. The van der Waals surface area contributed by atoms with Gasteiger partial charge in [-0.15, -0.1) is 11.8 Å². The van der Waals surface area contributed by atoms with Crippen molar-refractivity contribution in [2.75, 3.05) is 33.6 Å². The van der Waals surface area contributed by atoms with Gasteiger partial charge in [-0.3, -0.25) is 4.79 Å². The van der Waals surface area contributed by atoms with E-state index in [4.69, 9.17) is 14.2 Å². The second-order valence-electron chi connectivity index (χ2n) is 5.85. The summed E-state index contributed by atoms with van der Waals surface area (Å²) in [6.45, 7) is 1.50. The van der Waals surface area contributed by atoms with Gasteiger partial charge in [-0.05, 0) is 12.5 Å². The summed E-state index contributed by atoms with van der Waals surface area (Å²) >= 11 is 1.60. The Labute approximate surface area is 157 Å². The molecule has 8 heteroatoms. The van der Waals surface area contributed by atoms with Crippen molar-refractivity contribution in [1.82, 2.24) is 14.5 Å². The van der Waals surface area contributed by atoms with E-state index in [1.54, 1.807) is 51.7 Å². The Morgan fingerprint density at radius 2 is 1.85 bits per heavy atom. The highest BCUT2D eigenvalue weighted by molar-refractivity contribution is 8.00.